The van der Waals surface area contributed by atoms with Gasteiger partial charge in [0.2, 0.25) is 10.0 Å². The first-order valence-electron chi connectivity index (χ1n) is 6.82. The molecule has 1 unspecified atom stereocenters. The van der Waals surface area contributed by atoms with Gasteiger partial charge in [-0.05, 0) is 18.7 Å². The molecule has 1 aromatic heterocycles. The second kappa shape index (κ2) is 7.14. The number of nitrogen functional groups attached to an aromatic ring is 1. The highest BCUT2D eigenvalue weighted by Gasteiger charge is 2.24. The molecule has 0 aromatic carbocycles. The standard InChI is InChI=1S/C12H21N5O3S/c1-2-17-6-7-20-10(9-17)8-15-21(18,19)11-4-3-5-14-12(11)16-13/h3-5,10,15H,2,6-9,13H2,1H3,(H,14,16). The zero-order valence-electron chi connectivity index (χ0n) is 11.9. The molecule has 9 heteroatoms. The monoisotopic (exact) mass is 315 g/mol. The molecule has 1 fully saturated rings. The van der Waals surface area contributed by atoms with Crippen LogP contribution in [0.15, 0.2) is 23.2 Å². The number of likely N-dealkylation sites (N-methyl/N-ethyl adjacent to an activating group) is 1. The molecular formula is C12H21N5O3S. The van der Waals surface area contributed by atoms with Crippen LogP contribution in [-0.4, -0.2) is 57.2 Å². The number of sulfonamides is 1. The lowest BCUT2D eigenvalue weighted by Gasteiger charge is -2.32. The number of hydrogen-bond acceptors (Lipinski definition) is 7. The molecule has 1 aliphatic heterocycles. The van der Waals surface area contributed by atoms with Crippen LogP contribution >= 0.6 is 0 Å². The van der Waals surface area contributed by atoms with Crippen LogP contribution in [0, 0.1) is 0 Å². The Kier molecular flexibility index (Phi) is 5.48. The van der Waals surface area contributed by atoms with E-state index in [9.17, 15) is 8.42 Å². The van der Waals surface area contributed by atoms with Gasteiger partial charge >= 0.3 is 0 Å². The highest BCUT2D eigenvalue weighted by molar-refractivity contribution is 7.89. The van der Waals surface area contributed by atoms with E-state index in [0.29, 0.717) is 13.2 Å². The maximum Gasteiger partial charge on any atom is 0.244 e. The number of ether oxygens (including phenoxy) is 1. The van der Waals surface area contributed by atoms with Crippen LogP contribution < -0.4 is 16.0 Å². The minimum atomic E-state index is -3.68. The number of anilines is 1. The van der Waals surface area contributed by atoms with Gasteiger partial charge in [0.1, 0.15) is 4.90 Å². The van der Waals surface area contributed by atoms with Crippen LogP contribution in [-0.2, 0) is 14.8 Å². The lowest BCUT2D eigenvalue weighted by molar-refractivity contribution is -0.0229. The third-order valence-corrected chi connectivity index (χ3v) is 4.82. The maximum atomic E-state index is 12.3. The highest BCUT2D eigenvalue weighted by atomic mass is 32.2. The lowest BCUT2D eigenvalue weighted by atomic mass is 10.3. The molecule has 118 valence electrons. The van der Waals surface area contributed by atoms with Gasteiger partial charge < -0.3 is 10.2 Å². The lowest BCUT2D eigenvalue weighted by Crippen LogP contribution is -2.47. The molecule has 1 aromatic rings. The minimum Gasteiger partial charge on any atom is -0.374 e. The topological polar surface area (TPSA) is 110 Å². The van der Waals surface area contributed by atoms with Crippen molar-refractivity contribution in [2.24, 2.45) is 5.84 Å². The number of aromatic nitrogens is 1. The van der Waals surface area contributed by atoms with Crippen LogP contribution in [0.25, 0.3) is 0 Å². The smallest absolute Gasteiger partial charge is 0.244 e. The molecule has 1 saturated heterocycles. The minimum absolute atomic E-state index is 0.0238. The number of nitrogens with two attached hydrogens (primary N) is 1. The van der Waals surface area contributed by atoms with Crippen LogP contribution in [0.3, 0.4) is 0 Å². The van der Waals surface area contributed by atoms with Crippen molar-refractivity contribution in [2.75, 3.05) is 38.2 Å². The van der Waals surface area contributed by atoms with Gasteiger partial charge in [0.25, 0.3) is 0 Å². The Labute approximate surface area is 124 Å². The SMILES string of the molecule is CCN1CCOC(CNS(=O)(=O)c2cccnc2NN)C1. The average Bonchev–Trinajstić information content (AvgIpc) is 2.53. The first-order valence-corrected chi connectivity index (χ1v) is 8.30. The summed E-state index contributed by atoms with van der Waals surface area (Å²) in [4.78, 5) is 6.13. The average molecular weight is 315 g/mol. The van der Waals surface area contributed by atoms with Gasteiger partial charge in [0, 0.05) is 25.8 Å². The van der Waals surface area contributed by atoms with E-state index < -0.39 is 10.0 Å². The van der Waals surface area contributed by atoms with Crippen molar-refractivity contribution < 1.29 is 13.2 Å². The van der Waals surface area contributed by atoms with Gasteiger partial charge in [-0.15, -0.1) is 0 Å². The van der Waals surface area contributed by atoms with E-state index in [4.69, 9.17) is 10.6 Å². The number of nitrogens with one attached hydrogen (secondary N) is 2. The predicted molar refractivity (Wildman–Crippen MR) is 79.1 cm³/mol. The molecule has 2 heterocycles. The Morgan fingerprint density at radius 1 is 1.57 bits per heavy atom. The van der Waals surface area contributed by atoms with E-state index in [1.165, 1.54) is 12.3 Å². The van der Waals surface area contributed by atoms with Crippen LogP contribution in [0.1, 0.15) is 6.92 Å². The van der Waals surface area contributed by atoms with Gasteiger partial charge in [0.15, 0.2) is 5.82 Å². The number of pyridine rings is 1. The molecule has 4 N–H and O–H groups in total. The summed E-state index contributed by atoms with van der Waals surface area (Å²) in [5, 5.41) is 0. The van der Waals surface area contributed by atoms with E-state index in [1.54, 1.807) is 6.07 Å². The zero-order valence-corrected chi connectivity index (χ0v) is 12.8. The van der Waals surface area contributed by atoms with Crippen molar-refractivity contribution >= 4 is 15.8 Å². The molecule has 8 nitrogen and oxygen atoms in total. The van der Waals surface area contributed by atoms with E-state index in [0.717, 1.165) is 13.1 Å². The van der Waals surface area contributed by atoms with Crippen molar-refractivity contribution in [3.05, 3.63) is 18.3 Å². The Morgan fingerprint density at radius 2 is 2.38 bits per heavy atom. The van der Waals surface area contributed by atoms with Crippen molar-refractivity contribution in [2.45, 2.75) is 17.9 Å². The van der Waals surface area contributed by atoms with Crippen LogP contribution in [0.4, 0.5) is 5.82 Å². The molecule has 0 spiro atoms. The third-order valence-electron chi connectivity index (χ3n) is 3.37. The Balaban J connectivity index is 2.01. The van der Waals surface area contributed by atoms with E-state index in [2.05, 4.69) is 27.0 Å². The summed E-state index contributed by atoms with van der Waals surface area (Å²) >= 11 is 0. The predicted octanol–water partition coefficient (Wildman–Crippen LogP) is -0.634. The fourth-order valence-corrected chi connectivity index (χ4v) is 3.37. The van der Waals surface area contributed by atoms with Gasteiger partial charge in [-0.1, -0.05) is 6.92 Å². The van der Waals surface area contributed by atoms with Gasteiger partial charge in [-0.2, -0.15) is 0 Å². The van der Waals surface area contributed by atoms with Gasteiger partial charge in [0.05, 0.1) is 12.7 Å². The summed E-state index contributed by atoms with van der Waals surface area (Å²) in [5.74, 6) is 5.40. The quantitative estimate of drug-likeness (QED) is 0.473. The van der Waals surface area contributed by atoms with E-state index in [-0.39, 0.29) is 23.4 Å². The Morgan fingerprint density at radius 3 is 3.10 bits per heavy atom. The molecule has 0 aliphatic carbocycles. The number of morpholine rings is 1. The normalized spacial score (nSPS) is 20.4. The highest BCUT2D eigenvalue weighted by Crippen LogP contribution is 2.16. The summed E-state index contributed by atoms with van der Waals surface area (Å²) in [7, 11) is -3.68. The molecule has 2 rings (SSSR count). The fourth-order valence-electron chi connectivity index (χ4n) is 2.19. The zero-order chi connectivity index (χ0) is 15.3. The van der Waals surface area contributed by atoms with E-state index in [1.807, 2.05) is 0 Å². The number of hydrazine groups is 1. The summed E-state index contributed by atoms with van der Waals surface area (Å²) in [5.41, 5.74) is 2.29. The molecule has 0 radical (unpaired) electrons. The summed E-state index contributed by atoms with van der Waals surface area (Å²) in [6.45, 7) is 5.43. The molecule has 1 atom stereocenters. The fraction of sp³-hybridized carbons (Fsp3) is 0.583. The maximum absolute atomic E-state index is 12.3. The van der Waals surface area contributed by atoms with Crippen molar-refractivity contribution in [3.8, 4) is 0 Å². The second-order valence-corrected chi connectivity index (χ2v) is 6.47. The van der Waals surface area contributed by atoms with Crippen molar-refractivity contribution in [3.63, 3.8) is 0 Å². The van der Waals surface area contributed by atoms with Crippen molar-refractivity contribution in [1.29, 1.82) is 0 Å². The molecule has 0 saturated carbocycles. The van der Waals surface area contributed by atoms with Gasteiger partial charge in [-0.3, -0.25) is 4.90 Å². The second-order valence-electron chi connectivity index (χ2n) is 4.73. The Bertz CT molecular complexity index is 566. The summed E-state index contributed by atoms with van der Waals surface area (Å²) < 4.78 is 32.7. The largest absolute Gasteiger partial charge is 0.374 e. The van der Waals surface area contributed by atoms with E-state index >= 15 is 0 Å². The first-order chi connectivity index (χ1) is 10.1. The first kappa shape index (κ1) is 16.1. The molecular weight excluding hydrogens is 294 g/mol. The third kappa shape index (κ3) is 4.11. The summed E-state index contributed by atoms with van der Waals surface area (Å²) in [6.07, 6.45) is 1.32. The molecule has 0 bridgehead atoms. The molecule has 1 aliphatic rings. The number of nitrogens with zero attached hydrogens (tertiary/aromatic N) is 2. The molecule has 21 heavy (non-hydrogen) atoms. The van der Waals surface area contributed by atoms with Crippen LogP contribution in [0.2, 0.25) is 0 Å². The number of rotatable bonds is 6. The van der Waals surface area contributed by atoms with Crippen molar-refractivity contribution in [1.82, 2.24) is 14.6 Å². The Hall–Kier alpha value is -1.26. The summed E-state index contributed by atoms with van der Waals surface area (Å²) in [6, 6.07) is 3.00. The van der Waals surface area contributed by atoms with Crippen LogP contribution in [0.5, 0.6) is 0 Å². The number of hydrogen-bond donors (Lipinski definition) is 3. The van der Waals surface area contributed by atoms with Gasteiger partial charge in [-0.25, -0.2) is 24.0 Å². The molecule has 0 amide bonds.